The quantitative estimate of drug-likeness (QED) is 0.913. The Hall–Kier alpha value is -1.80. The molecule has 0 heterocycles. The highest BCUT2D eigenvalue weighted by Crippen LogP contribution is 2.23. The number of likely N-dealkylation sites (N-methyl/N-ethyl adjacent to an activating group) is 1. The van der Waals surface area contributed by atoms with Crippen LogP contribution in [0.15, 0.2) is 42.5 Å². The normalized spacial score (nSPS) is 12.2. The second kappa shape index (κ2) is 6.10. The Balaban J connectivity index is 2.15. The Bertz CT molecular complexity index is 592. The van der Waals surface area contributed by atoms with E-state index < -0.39 is 6.10 Å². The summed E-state index contributed by atoms with van der Waals surface area (Å²) >= 11 is 0. The number of nitrogens with zero attached hydrogens (tertiary/aromatic N) is 1. The van der Waals surface area contributed by atoms with E-state index in [9.17, 15) is 5.11 Å². The molecule has 2 nitrogen and oxygen atoms in total. The van der Waals surface area contributed by atoms with Crippen molar-refractivity contribution in [2.24, 2.45) is 0 Å². The minimum Gasteiger partial charge on any atom is -0.387 e. The van der Waals surface area contributed by atoms with Crippen LogP contribution in [-0.4, -0.2) is 18.7 Å². The third kappa shape index (κ3) is 3.20. The maximum atomic E-state index is 10.5. The summed E-state index contributed by atoms with van der Waals surface area (Å²) in [6.45, 7) is 6.81. The Labute approximate surface area is 121 Å². The van der Waals surface area contributed by atoms with Crippen molar-refractivity contribution in [3.05, 3.63) is 64.7 Å². The molecule has 0 fully saturated rings. The van der Waals surface area contributed by atoms with Gasteiger partial charge in [0.05, 0.1) is 6.10 Å². The van der Waals surface area contributed by atoms with Crippen molar-refractivity contribution in [3.63, 3.8) is 0 Å². The third-order valence-corrected chi connectivity index (χ3v) is 3.76. The van der Waals surface area contributed by atoms with Crippen LogP contribution >= 0.6 is 0 Å². The number of anilines is 1. The number of benzene rings is 2. The predicted molar refractivity (Wildman–Crippen MR) is 85.3 cm³/mol. The zero-order valence-electron chi connectivity index (χ0n) is 12.7. The molecule has 0 spiro atoms. The van der Waals surface area contributed by atoms with Gasteiger partial charge in [-0.25, -0.2) is 0 Å². The Kier molecular flexibility index (Phi) is 4.46. The second-order valence-electron chi connectivity index (χ2n) is 5.54. The van der Waals surface area contributed by atoms with Gasteiger partial charge in [0.15, 0.2) is 0 Å². The highest BCUT2D eigenvalue weighted by atomic mass is 16.3. The molecule has 0 saturated carbocycles. The minimum atomic E-state index is -0.472. The molecule has 20 heavy (non-hydrogen) atoms. The first-order chi connectivity index (χ1) is 9.49. The number of aryl methyl sites for hydroxylation is 3. The highest BCUT2D eigenvalue weighted by Gasteiger charge is 2.14. The number of hydrogen-bond donors (Lipinski definition) is 1. The lowest BCUT2D eigenvalue weighted by Crippen LogP contribution is -2.25. The van der Waals surface area contributed by atoms with Crippen LogP contribution < -0.4 is 4.90 Å². The topological polar surface area (TPSA) is 23.5 Å². The number of aliphatic hydroxyl groups excluding tert-OH is 1. The van der Waals surface area contributed by atoms with Crippen molar-refractivity contribution in [3.8, 4) is 0 Å². The molecule has 0 aliphatic heterocycles. The first kappa shape index (κ1) is 14.6. The fourth-order valence-corrected chi connectivity index (χ4v) is 2.65. The van der Waals surface area contributed by atoms with Crippen LogP contribution in [0.4, 0.5) is 5.69 Å². The van der Waals surface area contributed by atoms with E-state index in [0.717, 1.165) is 16.8 Å². The van der Waals surface area contributed by atoms with Gasteiger partial charge in [-0.3, -0.25) is 0 Å². The van der Waals surface area contributed by atoms with Gasteiger partial charge in [-0.1, -0.05) is 42.0 Å². The van der Waals surface area contributed by atoms with Crippen molar-refractivity contribution in [1.29, 1.82) is 0 Å². The molecule has 1 N–H and O–H groups in total. The van der Waals surface area contributed by atoms with Crippen molar-refractivity contribution in [1.82, 2.24) is 0 Å². The Morgan fingerprint density at radius 3 is 2.35 bits per heavy atom. The zero-order chi connectivity index (χ0) is 14.7. The first-order valence-electron chi connectivity index (χ1n) is 7.01. The van der Waals surface area contributed by atoms with E-state index in [0.29, 0.717) is 6.54 Å². The van der Waals surface area contributed by atoms with E-state index in [1.807, 2.05) is 25.2 Å². The number of rotatable bonds is 4. The molecule has 0 aromatic heterocycles. The minimum absolute atomic E-state index is 0.472. The molecular formula is C18H23NO. The van der Waals surface area contributed by atoms with Gasteiger partial charge in [-0.05, 0) is 43.5 Å². The van der Waals surface area contributed by atoms with Gasteiger partial charge in [0.25, 0.3) is 0 Å². The van der Waals surface area contributed by atoms with E-state index in [1.165, 1.54) is 11.1 Å². The molecular weight excluding hydrogens is 246 g/mol. The smallest absolute Gasteiger partial charge is 0.0967 e. The summed E-state index contributed by atoms with van der Waals surface area (Å²) < 4.78 is 0. The molecule has 106 valence electrons. The van der Waals surface area contributed by atoms with E-state index in [4.69, 9.17) is 0 Å². The molecule has 0 aliphatic rings. The summed E-state index contributed by atoms with van der Waals surface area (Å²) in [5.41, 5.74) is 5.77. The maximum absolute atomic E-state index is 10.5. The molecule has 0 radical (unpaired) electrons. The van der Waals surface area contributed by atoms with Crippen molar-refractivity contribution >= 4 is 5.69 Å². The molecule has 0 saturated heterocycles. The number of hydrogen-bond acceptors (Lipinski definition) is 2. The molecule has 0 aliphatic carbocycles. The van der Waals surface area contributed by atoms with E-state index in [1.54, 1.807) is 0 Å². The fraction of sp³-hybridized carbons (Fsp3) is 0.333. The molecule has 2 rings (SSSR count). The van der Waals surface area contributed by atoms with Gasteiger partial charge in [0.2, 0.25) is 0 Å². The standard InChI is InChI=1S/C18H23NO/c1-13-9-10-16(15(3)11-13)18(20)12-19(4)17-8-6-5-7-14(17)2/h5-11,18,20H,12H2,1-4H3. The first-order valence-corrected chi connectivity index (χ1v) is 7.01. The van der Waals surface area contributed by atoms with Crippen LogP contribution in [0.2, 0.25) is 0 Å². The Morgan fingerprint density at radius 1 is 1.00 bits per heavy atom. The summed E-state index contributed by atoms with van der Waals surface area (Å²) in [6.07, 6.45) is -0.472. The van der Waals surface area contributed by atoms with Crippen molar-refractivity contribution in [2.45, 2.75) is 26.9 Å². The summed E-state index contributed by atoms with van der Waals surface area (Å²) in [6, 6.07) is 14.4. The second-order valence-corrected chi connectivity index (χ2v) is 5.54. The molecule has 1 unspecified atom stereocenters. The molecule has 1 atom stereocenters. The lowest BCUT2D eigenvalue weighted by Gasteiger charge is -2.25. The number of para-hydroxylation sites is 1. The molecule has 0 bridgehead atoms. The van der Waals surface area contributed by atoms with Crippen LogP contribution in [-0.2, 0) is 0 Å². The van der Waals surface area contributed by atoms with Crippen LogP contribution in [0.3, 0.4) is 0 Å². The average molecular weight is 269 g/mol. The molecule has 2 heteroatoms. The van der Waals surface area contributed by atoms with Crippen molar-refractivity contribution in [2.75, 3.05) is 18.5 Å². The Morgan fingerprint density at radius 2 is 1.70 bits per heavy atom. The van der Waals surface area contributed by atoms with Gasteiger partial charge in [0, 0.05) is 19.3 Å². The van der Waals surface area contributed by atoms with E-state index in [-0.39, 0.29) is 0 Å². The van der Waals surface area contributed by atoms with E-state index in [2.05, 4.69) is 49.9 Å². The van der Waals surface area contributed by atoms with Gasteiger partial charge < -0.3 is 10.0 Å². The molecule has 0 amide bonds. The molecule has 2 aromatic carbocycles. The highest BCUT2D eigenvalue weighted by molar-refractivity contribution is 5.52. The average Bonchev–Trinajstić information content (AvgIpc) is 2.38. The third-order valence-electron chi connectivity index (χ3n) is 3.76. The predicted octanol–water partition coefficient (Wildman–Crippen LogP) is 3.78. The van der Waals surface area contributed by atoms with Crippen LogP contribution in [0, 0.1) is 20.8 Å². The van der Waals surface area contributed by atoms with Crippen LogP contribution in [0.5, 0.6) is 0 Å². The van der Waals surface area contributed by atoms with Gasteiger partial charge in [-0.15, -0.1) is 0 Å². The monoisotopic (exact) mass is 269 g/mol. The van der Waals surface area contributed by atoms with Crippen LogP contribution in [0.1, 0.15) is 28.4 Å². The largest absolute Gasteiger partial charge is 0.387 e. The van der Waals surface area contributed by atoms with Crippen molar-refractivity contribution < 1.29 is 5.11 Å². The van der Waals surface area contributed by atoms with Gasteiger partial charge in [-0.2, -0.15) is 0 Å². The maximum Gasteiger partial charge on any atom is 0.0967 e. The summed E-state index contributed by atoms with van der Waals surface area (Å²) in [7, 11) is 2.02. The SMILES string of the molecule is Cc1ccc(C(O)CN(C)c2ccccc2C)c(C)c1. The summed E-state index contributed by atoms with van der Waals surface area (Å²) in [4.78, 5) is 2.11. The van der Waals surface area contributed by atoms with Crippen LogP contribution in [0.25, 0.3) is 0 Å². The number of aliphatic hydroxyl groups is 1. The van der Waals surface area contributed by atoms with Gasteiger partial charge in [0.1, 0.15) is 0 Å². The summed E-state index contributed by atoms with van der Waals surface area (Å²) in [5.74, 6) is 0. The fourth-order valence-electron chi connectivity index (χ4n) is 2.65. The van der Waals surface area contributed by atoms with E-state index >= 15 is 0 Å². The summed E-state index contributed by atoms with van der Waals surface area (Å²) in [5, 5.41) is 10.5. The lowest BCUT2D eigenvalue weighted by molar-refractivity contribution is 0.184. The molecule has 2 aromatic rings. The zero-order valence-corrected chi connectivity index (χ0v) is 12.7. The van der Waals surface area contributed by atoms with Gasteiger partial charge >= 0.3 is 0 Å². The lowest BCUT2D eigenvalue weighted by atomic mass is 10.0.